The Hall–Kier alpha value is -1.98. The molecule has 16 heavy (non-hydrogen) atoms. The maximum Gasteiger partial charge on any atom is 0.225 e. The second-order valence-corrected chi connectivity index (χ2v) is 3.70. The molecule has 0 saturated heterocycles. The molecular formula is C10H10FN5. The Morgan fingerprint density at radius 2 is 1.94 bits per heavy atom. The van der Waals surface area contributed by atoms with E-state index in [1.54, 1.807) is 0 Å². The van der Waals surface area contributed by atoms with Crippen LogP contribution < -0.4 is 4.90 Å². The van der Waals surface area contributed by atoms with E-state index in [2.05, 4.69) is 19.5 Å². The summed E-state index contributed by atoms with van der Waals surface area (Å²) in [5, 5.41) is 0. The molecule has 0 radical (unpaired) electrons. The van der Waals surface area contributed by atoms with Crippen molar-refractivity contribution >= 4 is 5.95 Å². The summed E-state index contributed by atoms with van der Waals surface area (Å²) in [6.45, 7) is 2.39. The highest BCUT2D eigenvalue weighted by Gasteiger charge is 2.17. The van der Waals surface area contributed by atoms with Crippen LogP contribution in [0, 0.1) is 5.82 Å². The van der Waals surface area contributed by atoms with Crippen LogP contribution in [0.5, 0.6) is 0 Å². The summed E-state index contributed by atoms with van der Waals surface area (Å²) < 4.78 is 14.8. The van der Waals surface area contributed by atoms with Crippen LogP contribution in [0.25, 0.3) is 0 Å². The van der Waals surface area contributed by atoms with Crippen molar-refractivity contribution in [3.05, 3.63) is 36.4 Å². The molecule has 0 aliphatic carbocycles. The lowest BCUT2D eigenvalue weighted by Gasteiger charge is -2.27. The van der Waals surface area contributed by atoms with Gasteiger partial charge < -0.3 is 9.47 Å². The third-order valence-corrected chi connectivity index (χ3v) is 2.65. The lowest BCUT2D eigenvalue weighted by molar-refractivity contribution is 0.557. The van der Waals surface area contributed by atoms with Crippen LogP contribution in [0.15, 0.2) is 24.9 Å². The number of anilines is 1. The lowest BCUT2D eigenvalue weighted by atomic mass is 10.3. The van der Waals surface area contributed by atoms with Crippen molar-refractivity contribution in [2.75, 3.05) is 11.4 Å². The molecule has 5 nitrogen and oxygen atoms in total. The average Bonchev–Trinajstić information content (AvgIpc) is 2.77. The van der Waals surface area contributed by atoms with E-state index >= 15 is 0 Å². The zero-order chi connectivity index (χ0) is 11.0. The monoisotopic (exact) mass is 219 g/mol. The van der Waals surface area contributed by atoms with E-state index in [0.29, 0.717) is 12.5 Å². The van der Waals surface area contributed by atoms with Gasteiger partial charge in [0.15, 0.2) is 5.82 Å². The fourth-order valence-electron chi connectivity index (χ4n) is 1.82. The number of hydrogen-bond donors (Lipinski definition) is 0. The van der Waals surface area contributed by atoms with E-state index in [-0.39, 0.29) is 0 Å². The zero-order valence-electron chi connectivity index (χ0n) is 8.54. The van der Waals surface area contributed by atoms with Crippen LogP contribution in [0.1, 0.15) is 5.69 Å². The SMILES string of the molecule is Fc1cnc(N2CCn3cncc3C2)nc1. The molecule has 1 aliphatic heterocycles. The van der Waals surface area contributed by atoms with Crippen LogP contribution in [0.4, 0.5) is 10.3 Å². The molecule has 0 unspecified atom stereocenters. The molecule has 82 valence electrons. The molecule has 1 aliphatic rings. The maximum atomic E-state index is 12.7. The minimum absolute atomic E-state index is 0.411. The Morgan fingerprint density at radius 3 is 2.75 bits per heavy atom. The van der Waals surface area contributed by atoms with Gasteiger partial charge in [0, 0.05) is 19.3 Å². The Balaban J connectivity index is 1.86. The van der Waals surface area contributed by atoms with Gasteiger partial charge in [-0.1, -0.05) is 0 Å². The van der Waals surface area contributed by atoms with Crippen molar-refractivity contribution in [3.8, 4) is 0 Å². The number of nitrogens with zero attached hydrogens (tertiary/aromatic N) is 5. The van der Waals surface area contributed by atoms with Crippen molar-refractivity contribution in [2.45, 2.75) is 13.1 Å². The highest BCUT2D eigenvalue weighted by atomic mass is 19.1. The highest BCUT2D eigenvalue weighted by molar-refractivity contribution is 5.31. The third kappa shape index (κ3) is 1.52. The Bertz CT molecular complexity index is 492. The van der Waals surface area contributed by atoms with Gasteiger partial charge in [0.2, 0.25) is 5.95 Å². The van der Waals surface area contributed by atoms with Crippen molar-refractivity contribution in [1.29, 1.82) is 0 Å². The quantitative estimate of drug-likeness (QED) is 0.712. The summed E-state index contributed by atoms with van der Waals surface area (Å²) in [7, 11) is 0. The first-order valence-corrected chi connectivity index (χ1v) is 5.04. The number of rotatable bonds is 1. The number of aromatic nitrogens is 4. The van der Waals surface area contributed by atoms with Crippen molar-refractivity contribution in [2.24, 2.45) is 0 Å². The summed E-state index contributed by atoms with van der Waals surface area (Å²) in [5.74, 6) is 0.152. The topological polar surface area (TPSA) is 46.8 Å². The van der Waals surface area contributed by atoms with Gasteiger partial charge in [-0.05, 0) is 0 Å². The second kappa shape index (κ2) is 3.55. The zero-order valence-corrected chi connectivity index (χ0v) is 8.54. The molecular weight excluding hydrogens is 209 g/mol. The van der Waals surface area contributed by atoms with Gasteiger partial charge in [0.25, 0.3) is 0 Å². The summed E-state index contributed by atoms with van der Waals surface area (Å²) >= 11 is 0. The summed E-state index contributed by atoms with van der Waals surface area (Å²) in [4.78, 5) is 14.0. The van der Waals surface area contributed by atoms with E-state index in [9.17, 15) is 4.39 Å². The van der Waals surface area contributed by atoms with E-state index in [4.69, 9.17) is 0 Å². The smallest absolute Gasteiger partial charge is 0.225 e. The third-order valence-electron chi connectivity index (χ3n) is 2.65. The molecule has 2 aromatic heterocycles. The molecule has 0 atom stereocenters. The Morgan fingerprint density at radius 1 is 1.12 bits per heavy atom. The fraction of sp³-hybridized carbons (Fsp3) is 0.300. The van der Waals surface area contributed by atoms with Gasteiger partial charge in [-0.2, -0.15) is 0 Å². The maximum absolute atomic E-state index is 12.7. The van der Waals surface area contributed by atoms with Gasteiger partial charge in [0.1, 0.15) is 0 Å². The first kappa shape index (κ1) is 9.26. The summed E-state index contributed by atoms with van der Waals surface area (Å²) in [6.07, 6.45) is 6.02. The van der Waals surface area contributed by atoms with Crippen LogP contribution in [-0.2, 0) is 13.1 Å². The summed E-state index contributed by atoms with van der Waals surface area (Å²) in [5.41, 5.74) is 1.12. The first-order valence-electron chi connectivity index (χ1n) is 5.04. The van der Waals surface area contributed by atoms with Crippen molar-refractivity contribution < 1.29 is 4.39 Å². The normalized spacial score (nSPS) is 14.9. The van der Waals surface area contributed by atoms with E-state index in [1.807, 2.05) is 17.4 Å². The van der Waals surface area contributed by atoms with Gasteiger partial charge >= 0.3 is 0 Å². The summed E-state index contributed by atoms with van der Waals surface area (Å²) in [6, 6.07) is 0. The van der Waals surface area contributed by atoms with Gasteiger partial charge in [-0.3, -0.25) is 0 Å². The molecule has 0 bridgehead atoms. The van der Waals surface area contributed by atoms with Gasteiger partial charge in [-0.25, -0.2) is 19.3 Å². The molecule has 3 heterocycles. The van der Waals surface area contributed by atoms with Crippen LogP contribution >= 0.6 is 0 Å². The van der Waals surface area contributed by atoms with Gasteiger partial charge in [0.05, 0.1) is 31.0 Å². The number of imidazole rings is 1. The van der Waals surface area contributed by atoms with Crippen molar-refractivity contribution in [3.63, 3.8) is 0 Å². The molecule has 6 heteroatoms. The van der Waals surface area contributed by atoms with E-state index in [0.717, 1.165) is 18.8 Å². The highest BCUT2D eigenvalue weighted by Crippen LogP contribution is 2.16. The second-order valence-electron chi connectivity index (χ2n) is 3.70. The van der Waals surface area contributed by atoms with Crippen LogP contribution in [0.3, 0.4) is 0 Å². The number of fused-ring (bicyclic) bond motifs is 1. The van der Waals surface area contributed by atoms with Crippen molar-refractivity contribution in [1.82, 2.24) is 19.5 Å². The molecule has 2 aromatic rings. The Kier molecular flexibility index (Phi) is 2.05. The van der Waals surface area contributed by atoms with Gasteiger partial charge in [-0.15, -0.1) is 0 Å². The molecule has 0 amide bonds. The van der Waals surface area contributed by atoms with E-state index in [1.165, 1.54) is 12.4 Å². The van der Waals surface area contributed by atoms with Crippen LogP contribution in [0.2, 0.25) is 0 Å². The average molecular weight is 219 g/mol. The molecule has 0 saturated carbocycles. The molecule has 0 aromatic carbocycles. The predicted octanol–water partition coefficient (Wildman–Crippen LogP) is 0.832. The lowest BCUT2D eigenvalue weighted by Crippen LogP contribution is -2.34. The molecule has 0 spiro atoms. The Labute approximate surface area is 91.6 Å². The molecule has 3 rings (SSSR count). The minimum atomic E-state index is -0.411. The molecule has 0 N–H and O–H groups in total. The predicted molar refractivity (Wildman–Crippen MR) is 55.3 cm³/mol. The first-order chi connectivity index (χ1) is 7.83. The minimum Gasteiger partial charge on any atom is -0.333 e. The fourth-order valence-corrected chi connectivity index (χ4v) is 1.82. The number of halogens is 1. The van der Waals surface area contributed by atoms with E-state index < -0.39 is 5.82 Å². The number of hydrogen-bond acceptors (Lipinski definition) is 4. The molecule has 0 fully saturated rings. The largest absolute Gasteiger partial charge is 0.333 e. The standard InChI is InChI=1S/C10H10FN5/c11-8-3-13-10(14-4-8)15-1-2-16-7-12-5-9(16)6-15/h3-5,7H,1-2,6H2. The van der Waals surface area contributed by atoms with Crippen LogP contribution in [-0.4, -0.2) is 26.1 Å².